The second kappa shape index (κ2) is 11.6. The summed E-state index contributed by atoms with van der Waals surface area (Å²) in [4.78, 5) is 22.5. The van der Waals surface area contributed by atoms with Gasteiger partial charge in [0.2, 0.25) is 0 Å². The second-order valence-corrected chi connectivity index (χ2v) is 7.81. The van der Waals surface area contributed by atoms with Crippen LogP contribution in [-0.2, 0) is 9.59 Å². The highest BCUT2D eigenvalue weighted by molar-refractivity contribution is 5.84. The molecular weight excluding hydrogens is 316 g/mol. The van der Waals surface area contributed by atoms with Crippen LogP contribution < -0.4 is 0 Å². The molecule has 25 heavy (non-hydrogen) atoms. The monoisotopic (exact) mass is 352 g/mol. The van der Waals surface area contributed by atoms with E-state index in [4.69, 9.17) is 0 Å². The number of ketones is 1. The maximum absolute atomic E-state index is 12.2. The molecule has 0 heterocycles. The van der Waals surface area contributed by atoms with E-state index in [9.17, 15) is 19.8 Å². The smallest absolute Gasteiger partial charge is 0.139 e. The normalized spacial score (nSPS) is 26.2. The topological polar surface area (TPSA) is 74.6 Å². The molecule has 1 saturated carbocycles. The summed E-state index contributed by atoms with van der Waals surface area (Å²) in [6.07, 6.45) is 13.2. The largest absolute Gasteiger partial charge is 0.392 e. The van der Waals surface area contributed by atoms with Crippen LogP contribution in [0.1, 0.15) is 84.5 Å². The van der Waals surface area contributed by atoms with E-state index in [0.29, 0.717) is 12.8 Å². The fraction of sp³-hybridized carbons (Fsp3) is 0.810. The molecule has 0 aromatic carbocycles. The first kappa shape index (κ1) is 22.0. The quantitative estimate of drug-likeness (QED) is 0.299. The van der Waals surface area contributed by atoms with Crippen molar-refractivity contribution in [3.05, 3.63) is 12.2 Å². The third-order valence-electron chi connectivity index (χ3n) is 5.30. The number of carbonyl (C=O) groups excluding carboxylic acids is 2. The SMILES string of the molecule is CCCCC(C)(O)C/C=C/C1C(O)CC(=O)C1CCCCCCC=O. The number of Topliss-reactive ketones (excluding diaryl/α,β-unsaturated/α-hetero) is 1. The number of hydrogen-bond donors (Lipinski definition) is 2. The Kier molecular flexibility index (Phi) is 10.2. The van der Waals surface area contributed by atoms with Crippen LogP contribution in [0, 0.1) is 11.8 Å². The lowest BCUT2D eigenvalue weighted by Gasteiger charge is -2.22. The Morgan fingerprint density at radius 1 is 1.20 bits per heavy atom. The molecule has 4 nitrogen and oxygen atoms in total. The number of unbranched alkanes of at least 4 members (excludes halogenated alkanes) is 5. The van der Waals surface area contributed by atoms with Gasteiger partial charge in [0.05, 0.1) is 11.7 Å². The zero-order chi connectivity index (χ0) is 18.7. The van der Waals surface area contributed by atoms with Crippen molar-refractivity contribution in [3.8, 4) is 0 Å². The van der Waals surface area contributed by atoms with E-state index in [1.54, 1.807) is 0 Å². The summed E-state index contributed by atoms with van der Waals surface area (Å²) >= 11 is 0. The minimum atomic E-state index is -0.714. The summed E-state index contributed by atoms with van der Waals surface area (Å²) in [6.45, 7) is 3.95. The first-order valence-electron chi connectivity index (χ1n) is 9.94. The van der Waals surface area contributed by atoms with Gasteiger partial charge in [0.25, 0.3) is 0 Å². The van der Waals surface area contributed by atoms with Crippen LogP contribution in [0.4, 0.5) is 0 Å². The Bertz CT molecular complexity index is 428. The van der Waals surface area contributed by atoms with Crippen LogP contribution in [-0.4, -0.2) is 34.0 Å². The van der Waals surface area contributed by atoms with Crippen molar-refractivity contribution in [2.75, 3.05) is 0 Å². The molecular formula is C21H36O4. The number of aliphatic hydroxyl groups is 2. The number of hydrogen-bond acceptors (Lipinski definition) is 4. The Labute approximate surface area is 152 Å². The second-order valence-electron chi connectivity index (χ2n) is 7.81. The summed E-state index contributed by atoms with van der Waals surface area (Å²) in [5, 5.41) is 20.5. The Morgan fingerprint density at radius 3 is 2.60 bits per heavy atom. The fourth-order valence-electron chi connectivity index (χ4n) is 3.68. The van der Waals surface area contributed by atoms with Crippen molar-refractivity contribution in [2.24, 2.45) is 11.8 Å². The summed E-state index contributed by atoms with van der Waals surface area (Å²) in [5.74, 6) is -0.0600. The summed E-state index contributed by atoms with van der Waals surface area (Å²) in [6, 6.07) is 0. The number of aldehydes is 1. The summed E-state index contributed by atoms with van der Waals surface area (Å²) in [5.41, 5.74) is -0.714. The van der Waals surface area contributed by atoms with Crippen LogP contribution in [0.15, 0.2) is 12.2 Å². The third kappa shape index (κ3) is 8.28. The molecule has 4 atom stereocenters. The highest BCUT2D eigenvalue weighted by atomic mass is 16.3. The molecule has 144 valence electrons. The molecule has 1 rings (SSSR count). The lowest BCUT2D eigenvalue weighted by atomic mass is 9.87. The predicted octanol–water partition coefficient (Wildman–Crippen LogP) is 3.98. The van der Waals surface area contributed by atoms with E-state index in [0.717, 1.165) is 57.7 Å². The lowest BCUT2D eigenvalue weighted by molar-refractivity contribution is -0.121. The molecule has 0 aromatic heterocycles. The van der Waals surface area contributed by atoms with E-state index in [2.05, 4.69) is 6.92 Å². The fourth-order valence-corrected chi connectivity index (χ4v) is 3.68. The summed E-state index contributed by atoms with van der Waals surface area (Å²) in [7, 11) is 0. The van der Waals surface area contributed by atoms with Gasteiger partial charge < -0.3 is 15.0 Å². The van der Waals surface area contributed by atoms with Gasteiger partial charge in [0.1, 0.15) is 12.1 Å². The first-order chi connectivity index (χ1) is 11.9. The van der Waals surface area contributed by atoms with Crippen LogP contribution in [0.3, 0.4) is 0 Å². The van der Waals surface area contributed by atoms with Gasteiger partial charge in [0.15, 0.2) is 0 Å². The average Bonchev–Trinajstić information content (AvgIpc) is 2.82. The molecule has 0 spiro atoms. The van der Waals surface area contributed by atoms with E-state index in [1.807, 2.05) is 19.1 Å². The highest BCUT2D eigenvalue weighted by Crippen LogP contribution is 2.34. The van der Waals surface area contributed by atoms with Gasteiger partial charge >= 0.3 is 0 Å². The van der Waals surface area contributed by atoms with Gasteiger partial charge in [-0.2, -0.15) is 0 Å². The molecule has 4 unspecified atom stereocenters. The molecule has 0 bridgehead atoms. The van der Waals surface area contributed by atoms with Gasteiger partial charge in [-0.3, -0.25) is 4.79 Å². The highest BCUT2D eigenvalue weighted by Gasteiger charge is 2.39. The van der Waals surface area contributed by atoms with Crippen molar-refractivity contribution in [2.45, 2.75) is 96.2 Å². The minimum absolute atomic E-state index is 0.0992. The van der Waals surface area contributed by atoms with E-state index in [-0.39, 0.29) is 24.0 Å². The van der Waals surface area contributed by atoms with Crippen LogP contribution in [0.5, 0.6) is 0 Å². The maximum atomic E-state index is 12.2. The van der Waals surface area contributed by atoms with Crippen LogP contribution in [0.2, 0.25) is 0 Å². The Hall–Kier alpha value is -1.00. The van der Waals surface area contributed by atoms with Gasteiger partial charge in [0, 0.05) is 24.7 Å². The van der Waals surface area contributed by atoms with Gasteiger partial charge in [-0.05, 0) is 32.6 Å². The standard InChI is InChI=1S/C21H36O4/c1-3-4-13-21(2,25)14-10-12-18-17(19(23)16-20(18)24)11-8-6-5-7-9-15-22/h10,12,15,17-18,20,24-25H,3-9,11,13-14,16H2,1-2H3/b12-10+. The van der Waals surface area contributed by atoms with Crippen LogP contribution >= 0.6 is 0 Å². The molecule has 0 radical (unpaired) electrons. The van der Waals surface area contributed by atoms with E-state index < -0.39 is 11.7 Å². The zero-order valence-electron chi connectivity index (χ0n) is 16.0. The number of aliphatic hydroxyl groups excluding tert-OH is 1. The van der Waals surface area contributed by atoms with Crippen molar-refractivity contribution >= 4 is 12.1 Å². The zero-order valence-corrected chi connectivity index (χ0v) is 16.0. The molecule has 0 aliphatic heterocycles. The van der Waals surface area contributed by atoms with Gasteiger partial charge in [-0.15, -0.1) is 0 Å². The molecule has 1 fully saturated rings. The average molecular weight is 353 g/mol. The van der Waals surface area contributed by atoms with E-state index >= 15 is 0 Å². The molecule has 0 amide bonds. The van der Waals surface area contributed by atoms with Gasteiger partial charge in [-0.1, -0.05) is 51.2 Å². The number of rotatable bonds is 13. The predicted molar refractivity (Wildman–Crippen MR) is 100 cm³/mol. The maximum Gasteiger partial charge on any atom is 0.139 e. The van der Waals surface area contributed by atoms with Crippen molar-refractivity contribution < 1.29 is 19.8 Å². The lowest BCUT2D eigenvalue weighted by Crippen LogP contribution is -2.23. The van der Waals surface area contributed by atoms with Gasteiger partial charge in [-0.25, -0.2) is 0 Å². The Balaban J connectivity index is 2.46. The molecule has 0 saturated heterocycles. The third-order valence-corrected chi connectivity index (χ3v) is 5.30. The number of carbonyl (C=O) groups is 2. The molecule has 1 aliphatic carbocycles. The van der Waals surface area contributed by atoms with Crippen molar-refractivity contribution in [1.82, 2.24) is 0 Å². The first-order valence-corrected chi connectivity index (χ1v) is 9.94. The molecule has 0 aromatic rings. The Morgan fingerprint density at radius 2 is 1.92 bits per heavy atom. The van der Waals surface area contributed by atoms with Crippen LogP contribution in [0.25, 0.3) is 0 Å². The molecule has 2 N–H and O–H groups in total. The summed E-state index contributed by atoms with van der Waals surface area (Å²) < 4.78 is 0. The van der Waals surface area contributed by atoms with E-state index in [1.165, 1.54) is 0 Å². The minimum Gasteiger partial charge on any atom is -0.392 e. The van der Waals surface area contributed by atoms with Crippen molar-refractivity contribution in [1.29, 1.82) is 0 Å². The molecule has 4 heteroatoms. The molecule has 1 aliphatic rings. The van der Waals surface area contributed by atoms with Crippen molar-refractivity contribution in [3.63, 3.8) is 0 Å².